The summed E-state index contributed by atoms with van der Waals surface area (Å²) in [5.41, 5.74) is 1.68. The van der Waals surface area contributed by atoms with E-state index in [1.165, 1.54) is 10.4 Å². The van der Waals surface area contributed by atoms with Crippen LogP contribution < -0.4 is 0 Å². The van der Waals surface area contributed by atoms with E-state index in [0.29, 0.717) is 17.5 Å². The van der Waals surface area contributed by atoms with Gasteiger partial charge in [0.2, 0.25) is 10.0 Å². The van der Waals surface area contributed by atoms with Gasteiger partial charge in [0.25, 0.3) is 0 Å². The standard InChI is InChI=1S/C18H21BrClN3O4S/c1-3-27-18(24)11-23-16-6-4-5-15(13(16)10-21-23)22(2)28(25,26)17-8-7-12(19)9-14(17)20/h7-10,15H,3-6,11H2,1-2H3/t15-/m0/s1. The quantitative estimate of drug-likeness (QED) is 0.578. The minimum absolute atomic E-state index is 0.0187. The molecule has 0 spiro atoms. The average molecular weight is 491 g/mol. The molecule has 0 saturated heterocycles. The van der Waals surface area contributed by atoms with Crippen molar-refractivity contribution in [3.05, 3.63) is 45.1 Å². The van der Waals surface area contributed by atoms with Crippen molar-refractivity contribution in [3.63, 3.8) is 0 Å². The topological polar surface area (TPSA) is 81.5 Å². The number of aromatic nitrogens is 2. The average Bonchev–Trinajstić information content (AvgIpc) is 3.04. The number of carbonyl (C=O) groups is 1. The van der Waals surface area contributed by atoms with Crippen molar-refractivity contribution in [1.29, 1.82) is 0 Å². The summed E-state index contributed by atoms with van der Waals surface area (Å²) in [7, 11) is -2.25. The molecule has 152 valence electrons. The Morgan fingerprint density at radius 2 is 2.21 bits per heavy atom. The zero-order valence-corrected chi connectivity index (χ0v) is 18.7. The van der Waals surface area contributed by atoms with Gasteiger partial charge in [0.15, 0.2) is 0 Å². The molecule has 0 N–H and O–H groups in total. The first kappa shape index (κ1) is 21.3. The highest BCUT2D eigenvalue weighted by Gasteiger charge is 2.35. The summed E-state index contributed by atoms with van der Waals surface area (Å²) < 4.78 is 35.0. The maximum atomic E-state index is 13.2. The highest BCUT2D eigenvalue weighted by molar-refractivity contribution is 9.10. The van der Waals surface area contributed by atoms with Crippen LogP contribution in [-0.2, 0) is 32.5 Å². The van der Waals surface area contributed by atoms with Crippen LogP contribution in [0.15, 0.2) is 33.8 Å². The number of hydrogen-bond donors (Lipinski definition) is 0. The number of nitrogens with zero attached hydrogens (tertiary/aromatic N) is 3. The third-order valence-corrected chi connectivity index (χ3v) is 7.65. The third-order valence-electron chi connectivity index (χ3n) is 4.81. The fraction of sp³-hybridized carbons (Fsp3) is 0.444. The van der Waals surface area contributed by atoms with Crippen LogP contribution in [0.5, 0.6) is 0 Å². The lowest BCUT2D eigenvalue weighted by Crippen LogP contribution is -2.33. The number of ether oxygens (including phenoxy) is 1. The van der Waals surface area contributed by atoms with E-state index in [2.05, 4.69) is 21.0 Å². The maximum Gasteiger partial charge on any atom is 0.327 e. The number of halogens is 2. The summed E-state index contributed by atoms with van der Waals surface area (Å²) in [6.07, 6.45) is 3.84. The van der Waals surface area contributed by atoms with Crippen LogP contribution in [0, 0.1) is 0 Å². The molecule has 0 aliphatic heterocycles. The molecule has 1 heterocycles. The molecular weight excluding hydrogens is 470 g/mol. The second kappa shape index (κ2) is 8.52. The lowest BCUT2D eigenvalue weighted by molar-refractivity contribution is -0.144. The molecule has 1 aliphatic rings. The van der Waals surface area contributed by atoms with Gasteiger partial charge in [-0.25, -0.2) is 8.42 Å². The summed E-state index contributed by atoms with van der Waals surface area (Å²) in [6, 6.07) is 4.33. The lowest BCUT2D eigenvalue weighted by Gasteiger charge is -2.31. The molecule has 0 radical (unpaired) electrons. The first-order valence-corrected chi connectivity index (χ1v) is 11.5. The molecule has 7 nitrogen and oxygen atoms in total. The molecule has 2 aromatic rings. The Hall–Kier alpha value is -1.42. The highest BCUT2D eigenvalue weighted by atomic mass is 79.9. The zero-order valence-electron chi connectivity index (χ0n) is 15.6. The predicted octanol–water partition coefficient (Wildman–Crippen LogP) is 3.56. The van der Waals surface area contributed by atoms with Crippen LogP contribution in [0.2, 0.25) is 5.02 Å². The predicted molar refractivity (Wildman–Crippen MR) is 109 cm³/mol. The van der Waals surface area contributed by atoms with Gasteiger partial charge in [-0.05, 0) is 44.4 Å². The van der Waals surface area contributed by atoms with Gasteiger partial charge in [0.05, 0.1) is 23.9 Å². The van der Waals surface area contributed by atoms with E-state index < -0.39 is 10.0 Å². The first-order valence-electron chi connectivity index (χ1n) is 8.89. The number of hydrogen-bond acceptors (Lipinski definition) is 5. The Kier molecular flexibility index (Phi) is 6.48. The van der Waals surface area contributed by atoms with Crippen molar-refractivity contribution in [3.8, 4) is 0 Å². The van der Waals surface area contributed by atoms with Crippen LogP contribution in [0.4, 0.5) is 0 Å². The number of esters is 1. The van der Waals surface area contributed by atoms with Gasteiger partial charge in [-0.15, -0.1) is 0 Å². The first-order chi connectivity index (χ1) is 13.3. The van der Waals surface area contributed by atoms with Crippen LogP contribution in [0.1, 0.15) is 37.1 Å². The van der Waals surface area contributed by atoms with Gasteiger partial charge in [-0.1, -0.05) is 27.5 Å². The largest absolute Gasteiger partial charge is 0.465 e. The molecule has 28 heavy (non-hydrogen) atoms. The van der Waals surface area contributed by atoms with Crippen molar-refractivity contribution in [2.75, 3.05) is 13.7 Å². The van der Waals surface area contributed by atoms with E-state index in [-0.39, 0.29) is 28.5 Å². The molecule has 3 rings (SSSR count). The van der Waals surface area contributed by atoms with E-state index in [4.69, 9.17) is 16.3 Å². The van der Waals surface area contributed by atoms with Gasteiger partial charge in [-0.2, -0.15) is 9.40 Å². The van der Waals surface area contributed by atoms with E-state index in [1.54, 1.807) is 37.0 Å². The minimum atomic E-state index is -3.80. The van der Waals surface area contributed by atoms with Gasteiger partial charge < -0.3 is 4.74 Å². The van der Waals surface area contributed by atoms with Crippen LogP contribution in [0.25, 0.3) is 0 Å². The smallest absolute Gasteiger partial charge is 0.327 e. The van der Waals surface area contributed by atoms with Crippen LogP contribution >= 0.6 is 27.5 Å². The monoisotopic (exact) mass is 489 g/mol. The van der Waals surface area contributed by atoms with Crippen LogP contribution in [0.3, 0.4) is 0 Å². The summed E-state index contributed by atoms with van der Waals surface area (Å²) in [4.78, 5) is 11.9. The fourth-order valence-electron chi connectivity index (χ4n) is 3.45. The van der Waals surface area contributed by atoms with E-state index >= 15 is 0 Å². The minimum Gasteiger partial charge on any atom is -0.465 e. The second-order valence-electron chi connectivity index (χ2n) is 6.51. The Morgan fingerprint density at radius 3 is 2.89 bits per heavy atom. The molecule has 1 atom stereocenters. The molecule has 10 heteroatoms. The van der Waals surface area contributed by atoms with Crippen molar-refractivity contribution in [2.24, 2.45) is 0 Å². The lowest BCUT2D eigenvalue weighted by atomic mass is 9.93. The molecule has 0 bridgehead atoms. The molecule has 0 amide bonds. The Morgan fingerprint density at radius 1 is 1.46 bits per heavy atom. The molecule has 1 aromatic heterocycles. The van der Waals surface area contributed by atoms with Gasteiger partial charge in [0.1, 0.15) is 11.4 Å². The van der Waals surface area contributed by atoms with Crippen LogP contribution in [-0.4, -0.2) is 42.1 Å². The van der Waals surface area contributed by atoms with Gasteiger partial charge >= 0.3 is 5.97 Å². The number of carbonyl (C=O) groups excluding carboxylic acids is 1. The number of benzene rings is 1. The van der Waals surface area contributed by atoms with Crippen molar-refractivity contribution < 1.29 is 17.9 Å². The summed E-state index contributed by atoms with van der Waals surface area (Å²) in [5, 5.41) is 4.46. The molecular formula is C18H21BrClN3O4S. The highest BCUT2D eigenvalue weighted by Crippen LogP contribution is 2.38. The zero-order chi connectivity index (χ0) is 20.5. The SMILES string of the molecule is CCOC(=O)Cn1ncc2c1CCC[C@@H]2N(C)S(=O)(=O)c1ccc(Br)cc1Cl. The number of fused-ring (bicyclic) bond motifs is 1. The van der Waals surface area contributed by atoms with Gasteiger partial charge in [0, 0.05) is 22.8 Å². The third kappa shape index (κ3) is 4.12. The Labute approximate surface area is 177 Å². The molecule has 1 aliphatic carbocycles. The summed E-state index contributed by atoms with van der Waals surface area (Å²) >= 11 is 9.47. The van der Waals surface area contributed by atoms with E-state index in [0.717, 1.165) is 24.1 Å². The molecule has 1 aromatic carbocycles. The van der Waals surface area contributed by atoms with Gasteiger partial charge in [-0.3, -0.25) is 9.48 Å². The number of sulfonamides is 1. The Balaban J connectivity index is 1.91. The maximum absolute atomic E-state index is 13.2. The Bertz CT molecular complexity index is 993. The molecule has 0 fully saturated rings. The summed E-state index contributed by atoms with van der Waals surface area (Å²) in [6.45, 7) is 2.07. The summed E-state index contributed by atoms with van der Waals surface area (Å²) in [5.74, 6) is -0.363. The van der Waals surface area contributed by atoms with E-state index in [1.807, 2.05) is 0 Å². The molecule has 0 unspecified atom stereocenters. The fourth-order valence-corrected chi connectivity index (χ4v) is 5.82. The van der Waals surface area contributed by atoms with Crippen molar-refractivity contribution in [2.45, 2.75) is 43.7 Å². The van der Waals surface area contributed by atoms with Crippen molar-refractivity contribution >= 4 is 43.5 Å². The molecule has 0 saturated carbocycles. The second-order valence-corrected chi connectivity index (χ2v) is 9.80. The van der Waals surface area contributed by atoms with Crippen molar-refractivity contribution in [1.82, 2.24) is 14.1 Å². The number of rotatable bonds is 6. The normalized spacial score (nSPS) is 16.8. The van der Waals surface area contributed by atoms with E-state index in [9.17, 15) is 13.2 Å².